The van der Waals surface area contributed by atoms with Crippen molar-refractivity contribution in [2.24, 2.45) is 0 Å². The van der Waals surface area contributed by atoms with Gasteiger partial charge < -0.3 is 5.32 Å². The van der Waals surface area contributed by atoms with Gasteiger partial charge in [-0.05, 0) is 24.7 Å². The van der Waals surface area contributed by atoms with E-state index in [1.165, 1.54) is 0 Å². The minimum Gasteiger partial charge on any atom is -0.317 e. The fourth-order valence-corrected chi connectivity index (χ4v) is 1.23. The molecule has 3 heteroatoms. The molecule has 12 heavy (non-hydrogen) atoms. The molecule has 1 nitrogen and oxygen atoms in total. The molecular weight excluding hydrogens is 221 g/mol. The monoisotopic (exact) mass is 231 g/mol. The Morgan fingerprint density at radius 3 is 2.50 bits per heavy atom. The maximum Gasteiger partial charge on any atom is 0.137 e. The number of hydrogen-bond donors (Lipinski definition) is 1. The highest BCUT2D eigenvalue weighted by Crippen LogP contribution is 2.18. The Balaban J connectivity index is 2.68. The summed E-state index contributed by atoms with van der Waals surface area (Å²) in [6.07, 6.45) is -0.914. The standard InChI is InChI=1S/C9H11BrFN/c1-12-6-9(11)7-2-4-8(10)5-3-7/h2-5,9,12H,6H2,1H3. The van der Waals surface area contributed by atoms with E-state index < -0.39 is 6.17 Å². The smallest absolute Gasteiger partial charge is 0.137 e. The second-order valence-electron chi connectivity index (χ2n) is 2.58. The zero-order valence-corrected chi connectivity index (χ0v) is 8.44. The Labute approximate surface area is 80.1 Å². The van der Waals surface area contributed by atoms with Crippen LogP contribution in [0.4, 0.5) is 4.39 Å². The van der Waals surface area contributed by atoms with Gasteiger partial charge in [0.25, 0.3) is 0 Å². The molecule has 66 valence electrons. The lowest BCUT2D eigenvalue weighted by molar-refractivity contribution is 0.335. The Kier molecular flexibility index (Phi) is 3.69. The van der Waals surface area contributed by atoms with Crippen LogP contribution in [0.15, 0.2) is 28.7 Å². The van der Waals surface area contributed by atoms with E-state index in [1.54, 1.807) is 19.2 Å². The first-order chi connectivity index (χ1) is 5.74. The van der Waals surface area contributed by atoms with E-state index in [9.17, 15) is 4.39 Å². The lowest BCUT2D eigenvalue weighted by atomic mass is 10.1. The number of benzene rings is 1. The summed E-state index contributed by atoms with van der Waals surface area (Å²) in [6.45, 7) is 0.363. The van der Waals surface area contributed by atoms with Gasteiger partial charge in [-0.3, -0.25) is 0 Å². The van der Waals surface area contributed by atoms with E-state index in [1.807, 2.05) is 12.1 Å². The lowest BCUT2D eigenvalue weighted by Gasteiger charge is -2.06. The molecule has 0 aliphatic carbocycles. The molecule has 1 N–H and O–H groups in total. The van der Waals surface area contributed by atoms with Crippen LogP contribution in [0.5, 0.6) is 0 Å². The van der Waals surface area contributed by atoms with Gasteiger partial charge >= 0.3 is 0 Å². The van der Waals surface area contributed by atoms with Crippen molar-refractivity contribution in [3.8, 4) is 0 Å². The molecule has 0 saturated carbocycles. The van der Waals surface area contributed by atoms with Gasteiger partial charge in [0.1, 0.15) is 6.17 Å². The van der Waals surface area contributed by atoms with Crippen molar-refractivity contribution in [3.63, 3.8) is 0 Å². The highest BCUT2D eigenvalue weighted by molar-refractivity contribution is 9.10. The van der Waals surface area contributed by atoms with Crippen molar-refractivity contribution in [1.82, 2.24) is 5.32 Å². The van der Waals surface area contributed by atoms with Gasteiger partial charge in [-0.1, -0.05) is 28.1 Å². The van der Waals surface area contributed by atoms with Gasteiger partial charge in [0.15, 0.2) is 0 Å². The van der Waals surface area contributed by atoms with E-state index in [4.69, 9.17) is 0 Å². The first-order valence-electron chi connectivity index (χ1n) is 3.78. The molecule has 1 aromatic carbocycles. The number of likely N-dealkylation sites (N-methyl/N-ethyl adjacent to an activating group) is 1. The van der Waals surface area contributed by atoms with Crippen LogP contribution in [0.3, 0.4) is 0 Å². The van der Waals surface area contributed by atoms with Crippen LogP contribution in [-0.4, -0.2) is 13.6 Å². The van der Waals surface area contributed by atoms with Crippen LogP contribution < -0.4 is 5.32 Å². The number of alkyl halides is 1. The lowest BCUT2D eigenvalue weighted by Crippen LogP contribution is -2.13. The SMILES string of the molecule is CNCC(F)c1ccc(Br)cc1. The van der Waals surface area contributed by atoms with E-state index >= 15 is 0 Å². The van der Waals surface area contributed by atoms with E-state index in [0.29, 0.717) is 12.1 Å². The molecule has 1 atom stereocenters. The van der Waals surface area contributed by atoms with Crippen molar-refractivity contribution in [2.45, 2.75) is 6.17 Å². The fourth-order valence-electron chi connectivity index (χ4n) is 0.969. The van der Waals surface area contributed by atoms with Crippen molar-refractivity contribution < 1.29 is 4.39 Å². The van der Waals surface area contributed by atoms with Crippen molar-refractivity contribution >= 4 is 15.9 Å². The highest BCUT2D eigenvalue weighted by atomic mass is 79.9. The molecule has 1 rings (SSSR count). The Hall–Kier alpha value is -0.410. The molecule has 0 aromatic heterocycles. The molecule has 0 heterocycles. The quantitative estimate of drug-likeness (QED) is 0.844. The van der Waals surface area contributed by atoms with Crippen molar-refractivity contribution in [2.75, 3.05) is 13.6 Å². The molecule has 1 aromatic rings. The van der Waals surface area contributed by atoms with E-state index in [-0.39, 0.29) is 0 Å². The third-order valence-corrected chi connectivity index (χ3v) is 2.14. The molecule has 0 saturated heterocycles. The number of hydrogen-bond acceptors (Lipinski definition) is 1. The molecule has 0 amide bonds. The predicted octanol–water partition coefficient (Wildman–Crippen LogP) is 2.68. The molecule has 1 unspecified atom stereocenters. The summed E-state index contributed by atoms with van der Waals surface area (Å²) in [7, 11) is 1.74. The average molecular weight is 232 g/mol. The third kappa shape index (κ3) is 2.57. The average Bonchev–Trinajstić information content (AvgIpc) is 2.06. The van der Waals surface area contributed by atoms with Gasteiger partial charge in [0.05, 0.1) is 0 Å². The molecular formula is C9H11BrFN. The molecule has 0 radical (unpaired) electrons. The second-order valence-corrected chi connectivity index (χ2v) is 3.49. The Bertz CT molecular complexity index is 235. The van der Waals surface area contributed by atoms with Crippen LogP contribution in [0.25, 0.3) is 0 Å². The maximum absolute atomic E-state index is 13.2. The summed E-state index contributed by atoms with van der Waals surface area (Å²) in [5.74, 6) is 0. The predicted molar refractivity (Wildman–Crippen MR) is 51.9 cm³/mol. The summed E-state index contributed by atoms with van der Waals surface area (Å²) in [5, 5.41) is 2.79. The first-order valence-corrected chi connectivity index (χ1v) is 4.57. The van der Waals surface area contributed by atoms with Gasteiger partial charge in [0.2, 0.25) is 0 Å². The van der Waals surface area contributed by atoms with Crippen molar-refractivity contribution in [3.05, 3.63) is 34.3 Å². The largest absolute Gasteiger partial charge is 0.317 e. The van der Waals surface area contributed by atoms with Crippen LogP contribution >= 0.6 is 15.9 Å². The Morgan fingerprint density at radius 2 is 2.00 bits per heavy atom. The topological polar surface area (TPSA) is 12.0 Å². The normalized spacial score (nSPS) is 12.9. The molecule has 0 aliphatic rings. The van der Waals surface area contributed by atoms with Crippen LogP contribution in [0, 0.1) is 0 Å². The Morgan fingerprint density at radius 1 is 1.42 bits per heavy atom. The van der Waals surface area contributed by atoms with E-state index in [2.05, 4.69) is 21.2 Å². The maximum atomic E-state index is 13.2. The summed E-state index contributed by atoms with van der Waals surface area (Å²) >= 11 is 3.30. The molecule has 0 fully saturated rings. The van der Waals surface area contributed by atoms with Crippen LogP contribution in [-0.2, 0) is 0 Å². The molecule has 0 spiro atoms. The van der Waals surface area contributed by atoms with Gasteiger partial charge in [-0.2, -0.15) is 0 Å². The zero-order valence-electron chi connectivity index (χ0n) is 6.85. The number of halogens is 2. The fraction of sp³-hybridized carbons (Fsp3) is 0.333. The number of nitrogens with one attached hydrogen (secondary N) is 1. The first kappa shape index (κ1) is 9.68. The summed E-state index contributed by atoms with van der Waals surface area (Å²) in [6, 6.07) is 7.26. The minimum atomic E-state index is -0.914. The zero-order chi connectivity index (χ0) is 8.97. The summed E-state index contributed by atoms with van der Waals surface area (Å²) in [4.78, 5) is 0. The summed E-state index contributed by atoms with van der Waals surface area (Å²) < 4.78 is 14.2. The number of rotatable bonds is 3. The van der Waals surface area contributed by atoms with Crippen molar-refractivity contribution in [1.29, 1.82) is 0 Å². The summed E-state index contributed by atoms with van der Waals surface area (Å²) in [5.41, 5.74) is 0.715. The van der Waals surface area contributed by atoms with Gasteiger partial charge in [-0.25, -0.2) is 4.39 Å². The minimum absolute atomic E-state index is 0.363. The molecule has 0 bridgehead atoms. The highest BCUT2D eigenvalue weighted by Gasteiger charge is 2.06. The van der Waals surface area contributed by atoms with Gasteiger partial charge in [-0.15, -0.1) is 0 Å². The molecule has 0 aliphatic heterocycles. The second kappa shape index (κ2) is 4.58. The third-order valence-electron chi connectivity index (χ3n) is 1.62. The van der Waals surface area contributed by atoms with E-state index in [0.717, 1.165) is 4.47 Å². The van der Waals surface area contributed by atoms with Crippen LogP contribution in [0.1, 0.15) is 11.7 Å². The van der Waals surface area contributed by atoms with Crippen LogP contribution in [0.2, 0.25) is 0 Å². The van der Waals surface area contributed by atoms with Gasteiger partial charge in [0, 0.05) is 11.0 Å².